The first-order valence-corrected chi connectivity index (χ1v) is 25.5. The molecule has 10 heteroatoms. The predicted molar refractivity (Wildman–Crippen MR) is 305 cm³/mol. The SMILES string of the molecule is O=C(OCc1ccccc1)c1ccc2c(c1)c1ccccc1n2-c1ccccc1-c1nc(-c2ccccc2-n2c3ccccc3c3cc(C(=O)OCc4ccccc4)ccc32)nc(-n2c3ccccc3c3ccccc32)n1. The number of nitrogens with zero attached hydrogens (tertiary/aromatic N) is 6. The van der Waals surface area contributed by atoms with Gasteiger partial charge >= 0.3 is 11.9 Å². The van der Waals surface area contributed by atoms with Crippen molar-refractivity contribution in [2.75, 3.05) is 0 Å². The largest absolute Gasteiger partial charge is 0.457 e. The first-order valence-electron chi connectivity index (χ1n) is 25.5. The van der Waals surface area contributed by atoms with Gasteiger partial charge in [-0.05, 0) is 96.1 Å². The van der Waals surface area contributed by atoms with Crippen LogP contribution in [0.2, 0.25) is 0 Å². The minimum Gasteiger partial charge on any atom is -0.457 e. The molecule has 0 saturated heterocycles. The molecule has 4 aromatic heterocycles. The molecule has 10 aromatic carbocycles. The Labute approximate surface area is 441 Å². The van der Waals surface area contributed by atoms with Gasteiger partial charge in [0.15, 0.2) is 11.6 Å². The molecule has 0 spiro atoms. The fraction of sp³-hybridized carbons (Fsp3) is 0.0299. The minimum absolute atomic E-state index is 0.176. The van der Waals surface area contributed by atoms with Crippen LogP contribution in [0.5, 0.6) is 0 Å². The number of carbonyl (C=O) groups is 2. The number of fused-ring (bicyclic) bond motifs is 9. The van der Waals surface area contributed by atoms with Crippen molar-refractivity contribution in [3.05, 3.63) is 265 Å². The van der Waals surface area contributed by atoms with E-state index in [1.807, 2.05) is 158 Å². The second-order valence-electron chi connectivity index (χ2n) is 19.0. The number of hydrogen-bond donors (Lipinski definition) is 0. The average molecular weight is 997 g/mol. The molecule has 366 valence electrons. The Balaban J connectivity index is 0.951. The van der Waals surface area contributed by atoms with Crippen molar-refractivity contribution in [1.29, 1.82) is 0 Å². The summed E-state index contributed by atoms with van der Waals surface area (Å²) in [6, 6.07) is 80.4. The van der Waals surface area contributed by atoms with E-state index < -0.39 is 11.9 Å². The zero-order valence-electron chi connectivity index (χ0n) is 41.3. The van der Waals surface area contributed by atoms with Gasteiger partial charge in [-0.1, -0.05) is 158 Å². The molecule has 0 atom stereocenters. The fourth-order valence-electron chi connectivity index (χ4n) is 10.9. The first kappa shape index (κ1) is 45.2. The Morgan fingerprint density at radius 2 is 0.662 bits per heavy atom. The van der Waals surface area contributed by atoms with Crippen molar-refractivity contribution >= 4 is 77.4 Å². The Bertz CT molecular complexity index is 4350. The van der Waals surface area contributed by atoms with Crippen LogP contribution < -0.4 is 0 Å². The van der Waals surface area contributed by atoms with Crippen molar-refractivity contribution in [2.45, 2.75) is 13.2 Å². The summed E-state index contributed by atoms with van der Waals surface area (Å²) in [6.07, 6.45) is 0. The number of ether oxygens (including phenoxy) is 2. The molecule has 0 bridgehead atoms. The number of esters is 2. The number of aromatic nitrogens is 6. The summed E-state index contributed by atoms with van der Waals surface area (Å²) >= 11 is 0. The fourth-order valence-corrected chi connectivity index (χ4v) is 10.9. The highest BCUT2D eigenvalue weighted by Crippen LogP contribution is 2.40. The summed E-state index contributed by atoms with van der Waals surface area (Å²) in [6.45, 7) is 0.352. The van der Waals surface area contributed by atoms with Crippen molar-refractivity contribution in [3.8, 4) is 40.1 Å². The summed E-state index contributed by atoms with van der Waals surface area (Å²) in [5.41, 5.74) is 11.6. The topological polar surface area (TPSA) is 106 Å². The van der Waals surface area contributed by atoms with Crippen molar-refractivity contribution < 1.29 is 19.1 Å². The third kappa shape index (κ3) is 7.86. The number of para-hydroxylation sites is 6. The van der Waals surface area contributed by atoms with Crippen LogP contribution in [0.3, 0.4) is 0 Å². The molecular weight excluding hydrogens is 953 g/mol. The molecule has 0 amide bonds. The van der Waals surface area contributed by atoms with Crippen LogP contribution in [0.1, 0.15) is 31.8 Å². The average Bonchev–Trinajstić information content (AvgIpc) is 4.18. The molecule has 77 heavy (non-hydrogen) atoms. The van der Waals surface area contributed by atoms with Crippen LogP contribution in [0, 0.1) is 0 Å². The Hall–Kier alpha value is -10.5. The summed E-state index contributed by atoms with van der Waals surface area (Å²) in [4.78, 5) is 43.6. The van der Waals surface area contributed by atoms with E-state index >= 15 is 0 Å². The molecule has 4 heterocycles. The normalized spacial score (nSPS) is 11.6. The Morgan fingerprint density at radius 1 is 0.325 bits per heavy atom. The van der Waals surface area contributed by atoms with Crippen LogP contribution in [0.4, 0.5) is 0 Å². The molecular formula is C67H44N6O4. The van der Waals surface area contributed by atoms with E-state index in [1.54, 1.807) is 0 Å². The third-order valence-electron chi connectivity index (χ3n) is 14.4. The molecule has 0 fully saturated rings. The van der Waals surface area contributed by atoms with E-state index in [4.69, 9.17) is 24.4 Å². The van der Waals surface area contributed by atoms with Gasteiger partial charge in [0.25, 0.3) is 0 Å². The maximum atomic E-state index is 13.6. The smallest absolute Gasteiger partial charge is 0.338 e. The summed E-state index contributed by atoms with van der Waals surface area (Å²) in [5, 5.41) is 5.93. The zero-order chi connectivity index (χ0) is 51.4. The van der Waals surface area contributed by atoms with E-state index in [-0.39, 0.29) is 13.2 Å². The van der Waals surface area contributed by atoms with E-state index in [0.29, 0.717) is 28.7 Å². The van der Waals surface area contributed by atoms with Gasteiger partial charge in [-0.15, -0.1) is 0 Å². The zero-order valence-corrected chi connectivity index (χ0v) is 41.3. The maximum absolute atomic E-state index is 13.6. The number of hydrogen-bond acceptors (Lipinski definition) is 7. The van der Waals surface area contributed by atoms with Gasteiger partial charge < -0.3 is 18.6 Å². The number of carbonyl (C=O) groups excluding carboxylic acids is 2. The van der Waals surface area contributed by atoms with Crippen LogP contribution in [0.25, 0.3) is 106 Å². The van der Waals surface area contributed by atoms with Crippen molar-refractivity contribution in [3.63, 3.8) is 0 Å². The lowest BCUT2D eigenvalue weighted by Crippen LogP contribution is -2.09. The molecule has 0 radical (unpaired) electrons. The van der Waals surface area contributed by atoms with Crippen LogP contribution >= 0.6 is 0 Å². The highest BCUT2D eigenvalue weighted by atomic mass is 16.5. The number of benzene rings is 10. The Morgan fingerprint density at radius 3 is 1.09 bits per heavy atom. The van der Waals surface area contributed by atoms with E-state index in [1.165, 1.54) is 0 Å². The second-order valence-corrected chi connectivity index (χ2v) is 19.0. The van der Waals surface area contributed by atoms with Gasteiger partial charge in [-0.25, -0.2) is 14.6 Å². The monoisotopic (exact) mass is 996 g/mol. The quantitative estimate of drug-likeness (QED) is 0.119. The van der Waals surface area contributed by atoms with E-state index in [0.717, 1.165) is 99.0 Å². The van der Waals surface area contributed by atoms with Gasteiger partial charge in [-0.3, -0.25) is 4.57 Å². The second kappa shape index (κ2) is 18.8. The lowest BCUT2D eigenvalue weighted by molar-refractivity contribution is 0.0464. The van der Waals surface area contributed by atoms with Crippen LogP contribution in [-0.2, 0) is 22.7 Å². The minimum atomic E-state index is -0.395. The molecule has 0 saturated carbocycles. The standard InChI is InChI=1S/C67H44N6O4/c74-65(76-41-43-19-3-1-4-20-43)45-35-37-61-53(39-45)49-25-9-13-29-55(49)71(61)59-33-17-11-27-51(59)63-68-64(70-67(69-63)73-57-31-15-7-23-47(57)48-24-8-16-32-58(48)73)52-28-12-18-34-60(52)72-56-30-14-10-26-50(56)54-40-46(36-38-62(54)72)66(75)77-42-44-21-5-2-6-22-44/h1-40H,41-42H2. The van der Waals surface area contributed by atoms with Gasteiger partial charge in [0, 0.05) is 43.4 Å². The highest BCUT2D eigenvalue weighted by Gasteiger charge is 2.25. The summed E-state index contributed by atoms with van der Waals surface area (Å²) in [5.74, 6) is 0.589. The molecule has 0 aliphatic carbocycles. The molecule has 0 aliphatic heterocycles. The van der Waals surface area contributed by atoms with Crippen LogP contribution in [0.15, 0.2) is 243 Å². The molecule has 14 aromatic rings. The van der Waals surface area contributed by atoms with Gasteiger partial charge in [0.1, 0.15) is 13.2 Å². The predicted octanol–water partition coefficient (Wildman–Crippen LogP) is 15.2. The summed E-state index contributed by atoms with van der Waals surface area (Å²) < 4.78 is 18.2. The van der Waals surface area contributed by atoms with E-state index in [9.17, 15) is 9.59 Å². The summed E-state index contributed by atoms with van der Waals surface area (Å²) in [7, 11) is 0. The molecule has 0 unspecified atom stereocenters. The lowest BCUT2D eigenvalue weighted by atomic mass is 10.1. The molecule has 14 rings (SSSR count). The van der Waals surface area contributed by atoms with Gasteiger partial charge in [-0.2, -0.15) is 9.97 Å². The van der Waals surface area contributed by atoms with Gasteiger partial charge in [0.05, 0.1) is 55.6 Å². The maximum Gasteiger partial charge on any atom is 0.338 e. The number of rotatable bonds is 11. The van der Waals surface area contributed by atoms with Crippen LogP contribution in [-0.4, -0.2) is 40.6 Å². The van der Waals surface area contributed by atoms with Crippen molar-refractivity contribution in [2.24, 2.45) is 0 Å². The third-order valence-corrected chi connectivity index (χ3v) is 14.4. The molecule has 0 aliphatic rings. The van der Waals surface area contributed by atoms with Crippen molar-refractivity contribution in [1.82, 2.24) is 28.7 Å². The van der Waals surface area contributed by atoms with Gasteiger partial charge in [0.2, 0.25) is 5.95 Å². The highest BCUT2D eigenvalue weighted by molar-refractivity contribution is 6.13. The lowest BCUT2D eigenvalue weighted by Gasteiger charge is -2.17. The molecule has 0 N–H and O–H groups in total. The Kier molecular flexibility index (Phi) is 11.0. The van der Waals surface area contributed by atoms with E-state index in [2.05, 4.69) is 98.6 Å². The molecule has 10 nitrogen and oxygen atoms in total. The first-order chi connectivity index (χ1) is 38.0.